The summed E-state index contributed by atoms with van der Waals surface area (Å²) in [5.41, 5.74) is 0.394. The average Bonchev–Trinajstić information content (AvgIpc) is 3.26. The summed E-state index contributed by atoms with van der Waals surface area (Å²) in [7, 11) is -3.50. The average molecular weight is 280 g/mol. The van der Waals surface area contributed by atoms with Gasteiger partial charge in [0.05, 0.1) is 4.90 Å². The number of hydrogen-bond acceptors (Lipinski definition) is 3. The van der Waals surface area contributed by atoms with Crippen LogP contribution in [0.15, 0.2) is 29.2 Å². The normalized spacial score (nSPS) is 19.2. The minimum Gasteiger partial charge on any atom is -0.349 e. The van der Waals surface area contributed by atoms with E-state index < -0.39 is 10.0 Å². The Kier molecular flexibility index (Phi) is 3.06. The van der Waals surface area contributed by atoms with Gasteiger partial charge in [-0.15, -0.1) is 0 Å². The number of nitrogens with one attached hydrogen (secondary N) is 2. The molecule has 0 aliphatic heterocycles. The van der Waals surface area contributed by atoms with Crippen LogP contribution in [0.4, 0.5) is 0 Å². The lowest BCUT2D eigenvalue weighted by Gasteiger charge is -2.08. The van der Waals surface area contributed by atoms with E-state index in [4.69, 9.17) is 0 Å². The largest absolute Gasteiger partial charge is 0.349 e. The molecule has 0 aromatic heterocycles. The molecule has 0 radical (unpaired) electrons. The SMILES string of the molecule is O=C(NC1CC1)c1cccc(S(=O)(=O)NC2CC2)c1. The molecular formula is C13H16N2O3S. The van der Waals surface area contributed by atoms with Crippen LogP contribution in [0, 0.1) is 0 Å². The summed E-state index contributed by atoms with van der Waals surface area (Å²) >= 11 is 0. The van der Waals surface area contributed by atoms with Crippen LogP contribution in [0.3, 0.4) is 0 Å². The predicted molar refractivity (Wildman–Crippen MR) is 70.3 cm³/mol. The van der Waals surface area contributed by atoms with Crippen LogP contribution in [0.25, 0.3) is 0 Å². The third kappa shape index (κ3) is 3.13. The first-order valence-corrected chi connectivity index (χ1v) is 7.96. The van der Waals surface area contributed by atoms with E-state index >= 15 is 0 Å². The Bertz CT molecular complexity index is 604. The molecule has 2 saturated carbocycles. The van der Waals surface area contributed by atoms with E-state index in [1.54, 1.807) is 12.1 Å². The number of amides is 1. The molecule has 6 heteroatoms. The van der Waals surface area contributed by atoms with Crippen molar-refractivity contribution in [1.29, 1.82) is 0 Å². The van der Waals surface area contributed by atoms with Crippen LogP contribution in [-0.2, 0) is 10.0 Å². The summed E-state index contributed by atoms with van der Waals surface area (Å²) in [6.07, 6.45) is 3.79. The first-order chi connectivity index (χ1) is 9.04. The lowest BCUT2D eigenvalue weighted by molar-refractivity contribution is 0.0951. The van der Waals surface area contributed by atoms with E-state index in [2.05, 4.69) is 10.0 Å². The van der Waals surface area contributed by atoms with Crippen LogP contribution < -0.4 is 10.0 Å². The van der Waals surface area contributed by atoms with Gasteiger partial charge in [-0.1, -0.05) is 6.07 Å². The number of rotatable bonds is 5. The summed E-state index contributed by atoms with van der Waals surface area (Å²) in [4.78, 5) is 12.0. The van der Waals surface area contributed by atoms with Crippen molar-refractivity contribution < 1.29 is 13.2 Å². The second kappa shape index (κ2) is 4.61. The molecule has 5 nitrogen and oxygen atoms in total. The van der Waals surface area contributed by atoms with Crippen molar-refractivity contribution in [2.24, 2.45) is 0 Å². The third-order valence-corrected chi connectivity index (χ3v) is 4.74. The van der Waals surface area contributed by atoms with E-state index in [9.17, 15) is 13.2 Å². The molecule has 2 aliphatic carbocycles. The van der Waals surface area contributed by atoms with Gasteiger partial charge in [-0.3, -0.25) is 4.79 Å². The standard InChI is InChI=1S/C13H16N2O3S/c16-13(14-10-4-5-10)9-2-1-3-12(8-9)19(17,18)15-11-6-7-11/h1-3,8,10-11,15H,4-7H2,(H,14,16). The maximum absolute atomic E-state index is 12.0. The number of sulfonamides is 1. The molecule has 0 unspecified atom stereocenters. The number of carbonyl (C=O) groups is 1. The minimum atomic E-state index is -3.50. The van der Waals surface area contributed by atoms with Gasteiger partial charge in [-0.05, 0) is 43.9 Å². The molecule has 102 valence electrons. The predicted octanol–water partition coefficient (Wildman–Crippen LogP) is 1.02. The molecule has 0 atom stereocenters. The fourth-order valence-corrected chi connectivity index (χ4v) is 3.14. The van der Waals surface area contributed by atoms with Gasteiger partial charge < -0.3 is 5.32 Å². The maximum Gasteiger partial charge on any atom is 0.251 e. The van der Waals surface area contributed by atoms with Gasteiger partial charge in [0.25, 0.3) is 5.91 Å². The van der Waals surface area contributed by atoms with E-state index in [0.717, 1.165) is 25.7 Å². The molecule has 0 bridgehead atoms. The van der Waals surface area contributed by atoms with Gasteiger partial charge >= 0.3 is 0 Å². The zero-order valence-corrected chi connectivity index (χ0v) is 11.2. The molecule has 1 aromatic rings. The highest BCUT2D eigenvalue weighted by atomic mass is 32.2. The fraction of sp³-hybridized carbons (Fsp3) is 0.462. The molecule has 2 N–H and O–H groups in total. The monoisotopic (exact) mass is 280 g/mol. The van der Waals surface area contributed by atoms with E-state index in [-0.39, 0.29) is 22.9 Å². The first kappa shape index (κ1) is 12.6. The zero-order valence-electron chi connectivity index (χ0n) is 10.4. The van der Waals surface area contributed by atoms with Crippen molar-refractivity contribution in [2.45, 2.75) is 42.7 Å². The number of benzene rings is 1. The van der Waals surface area contributed by atoms with Gasteiger partial charge in [-0.2, -0.15) is 0 Å². The molecule has 2 aliphatic rings. The van der Waals surface area contributed by atoms with Crippen molar-refractivity contribution in [1.82, 2.24) is 10.0 Å². The topological polar surface area (TPSA) is 75.3 Å². The Morgan fingerprint density at radius 3 is 2.42 bits per heavy atom. The third-order valence-electron chi connectivity index (χ3n) is 3.22. The van der Waals surface area contributed by atoms with Crippen molar-refractivity contribution >= 4 is 15.9 Å². The van der Waals surface area contributed by atoms with Crippen LogP contribution in [0.5, 0.6) is 0 Å². The Balaban J connectivity index is 1.79. The van der Waals surface area contributed by atoms with Crippen molar-refractivity contribution in [3.8, 4) is 0 Å². The lowest BCUT2D eigenvalue weighted by Crippen LogP contribution is -2.27. The Hall–Kier alpha value is -1.40. The Morgan fingerprint density at radius 1 is 1.11 bits per heavy atom. The second-order valence-corrected chi connectivity index (χ2v) is 6.89. The molecule has 1 amide bonds. The highest BCUT2D eigenvalue weighted by Crippen LogP contribution is 2.23. The van der Waals surface area contributed by atoms with Crippen LogP contribution in [-0.4, -0.2) is 26.4 Å². The summed E-state index contributed by atoms with van der Waals surface area (Å²) in [6.45, 7) is 0. The molecule has 2 fully saturated rings. The minimum absolute atomic E-state index is 0.0638. The second-order valence-electron chi connectivity index (χ2n) is 5.17. The summed E-state index contributed by atoms with van der Waals surface area (Å²) in [5, 5.41) is 2.85. The maximum atomic E-state index is 12.0. The summed E-state index contributed by atoms with van der Waals surface area (Å²) in [5.74, 6) is -0.203. The van der Waals surface area contributed by atoms with Gasteiger partial charge in [0.15, 0.2) is 0 Å². The quantitative estimate of drug-likeness (QED) is 0.845. The molecule has 0 heterocycles. The van der Waals surface area contributed by atoms with Gasteiger partial charge in [-0.25, -0.2) is 13.1 Å². The molecule has 19 heavy (non-hydrogen) atoms. The molecule has 3 rings (SSSR count). The molecule has 1 aromatic carbocycles. The number of hydrogen-bond donors (Lipinski definition) is 2. The van der Waals surface area contributed by atoms with Gasteiger partial charge in [0.1, 0.15) is 0 Å². The van der Waals surface area contributed by atoms with Crippen LogP contribution in [0.2, 0.25) is 0 Å². The first-order valence-electron chi connectivity index (χ1n) is 6.48. The van der Waals surface area contributed by atoms with E-state index in [0.29, 0.717) is 5.56 Å². The van der Waals surface area contributed by atoms with Crippen LogP contribution in [0.1, 0.15) is 36.0 Å². The highest BCUT2D eigenvalue weighted by Gasteiger charge is 2.28. The fourth-order valence-electron chi connectivity index (χ4n) is 1.79. The van der Waals surface area contributed by atoms with E-state index in [1.165, 1.54) is 12.1 Å². The molecule has 0 spiro atoms. The smallest absolute Gasteiger partial charge is 0.251 e. The molecular weight excluding hydrogens is 264 g/mol. The highest BCUT2D eigenvalue weighted by molar-refractivity contribution is 7.89. The van der Waals surface area contributed by atoms with Crippen LogP contribution >= 0.6 is 0 Å². The van der Waals surface area contributed by atoms with Crippen molar-refractivity contribution in [3.63, 3.8) is 0 Å². The molecule has 0 saturated heterocycles. The van der Waals surface area contributed by atoms with Gasteiger partial charge in [0.2, 0.25) is 10.0 Å². The summed E-state index contributed by atoms with van der Waals surface area (Å²) < 4.78 is 26.7. The van der Waals surface area contributed by atoms with Gasteiger partial charge in [0, 0.05) is 17.6 Å². The Morgan fingerprint density at radius 2 is 1.79 bits per heavy atom. The van der Waals surface area contributed by atoms with Crippen molar-refractivity contribution in [2.75, 3.05) is 0 Å². The zero-order chi connectivity index (χ0) is 13.5. The lowest BCUT2D eigenvalue weighted by atomic mass is 10.2. The number of carbonyl (C=O) groups excluding carboxylic acids is 1. The summed E-state index contributed by atoms with van der Waals surface area (Å²) in [6, 6.07) is 6.50. The van der Waals surface area contributed by atoms with Crippen molar-refractivity contribution in [3.05, 3.63) is 29.8 Å². The van der Waals surface area contributed by atoms with E-state index in [1.807, 2.05) is 0 Å². The Labute approximate surface area is 112 Å².